The van der Waals surface area contributed by atoms with Crippen LogP contribution in [-0.4, -0.2) is 37.2 Å². The fourth-order valence-electron chi connectivity index (χ4n) is 8.80. The number of esters is 3. The van der Waals surface area contributed by atoms with E-state index in [1.807, 2.05) is 0 Å². The normalized spacial score (nSPS) is 11.9. The maximum atomic E-state index is 12.8. The van der Waals surface area contributed by atoms with Gasteiger partial charge in [0.1, 0.15) is 13.2 Å². The molecule has 0 rings (SSSR count). The molecule has 0 unspecified atom stereocenters. The predicted molar refractivity (Wildman–Crippen MR) is 270 cm³/mol. The number of unbranched alkanes of at least 4 members (excludes halogenated alkanes) is 42. The van der Waals surface area contributed by atoms with Gasteiger partial charge in [-0.3, -0.25) is 14.4 Å². The van der Waals surface area contributed by atoms with E-state index in [9.17, 15) is 14.4 Å². The Kier molecular flexibility index (Phi) is 51.7. The van der Waals surface area contributed by atoms with Crippen LogP contribution < -0.4 is 0 Å². The van der Waals surface area contributed by atoms with E-state index in [1.165, 1.54) is 231 Å². The molecule has 0 aromatic carbocycles. The van der Waals surface area contributed by atoms with E-state index in [-0.39, 0.29) is 31.1 Å². The van der Waals surface area contributed by atoms with E-state index in [0.29, 0.717) is 19.3 Å². The fraction of sp³-hybridized carbons (Fsp3) is 0.947. The number of rotatable bonds is 53. The van der Waals surface area contributed by atoms with Gasteiger partial charge in [0.05, 0.1) is 0 Å². The molecule has 0 amide bonds. The zero-order valence-electron chi connectivity index (χ0n) is 42.9. The van der Waals surface area contributed by atoms with Gasteiger partial charge in [-0.1, -0.05) is 290 Å². The van der Waals surface area contributed by atoms with E-state index in [4.69, 9.17) is 14.2 Å². The van der Waals surface area contributed by atoms with Gasteiger partial charge in [-0.05, 0) is 19.3 Å². The van der Waals surface area contributed by atoms with Crippen LogP contribution in [0, 0.1) is 0 Å². The van der Waals surface area contributed by atoms with Gasteiger partial charge in [-0.15, -0.1) is 0 Å². The summed E-state index contributed by atoms with van der Waals surface area (Å²) in [6.45, 7) is 6.70. The Morgan fingerprint density at radius 2 is 0.429 bits per heavy atom. The first kappa shape index (κ1) is 61.4. The van der Waals surface area contributed by atoms with Gasteiger partial charge >= 0.3 is 17.9 Å². The molecule has 0 fully saturated rings. The highest BCUT2D eigenvalue weighted by atomic mass is 16.6. The van der Waals surface area contributed by atoms with Crippen LogP contribution >= 0.6 is 0 Å². The molecule has 0 bridgehead atoms. The second-order valence-electron chi connectivity index (χ2n) is 19.6. The summed E-state index contributed by atoms with van der Waals surface area (Å²) in [6, 6.07) is 0. The molecule has 0 spiro atoms. The molecule has 0 saturated carbocycles. The molecule has 0 saturated heterocycles. The number of carbonyl (C=O) groups is 3. The highest BCUT2D eigenvalue weighted by Crippen LogP contribution is 2.18. The monoisotopic (exact) mass is 891 g/mol. The van der Waals surface area contributed by atoms with E-state index in [2.05, 4.69) is 20.8 Å². The van der Waals surface area contributed by atoms with E-state index < -0.39 is 6.10 Å². The molecular formula is C57H110O6. The molecule has 0 aliphatic heterocycles. The topological polar surface area (TPSA) is 78.9 Å². The number of hydrogen-bond acceptors (Lipinski definition) is 6. The van der Waals surface area contributed by atoms with Crippen molar-refractivity contribution in [1.29, 1.82) is 0 Å². The van der Waals surface area contributed by atoms with Gasteiger partial charge in [0, 0.05) is 19.3 Å². The van der Waals surface area contributed by atoms with Crippen molar-refractivity contribution in [3.8, 4) is 0 Å². The van der Waals surface area contributed by atoms with Gasteiger partial charge in [0.2, 0.25) is 0 Å². The summed E-state index contributed by atoms with van der Waals surface area (Å²) in [6.07, 6.45) is 58.0. The summed E-state index contributed by atoms with van der Waals surface area (Å²) >= 11 is 0. The standard InChI is InChI=1S/C57H110O6/c1-4-7-10-13-16-19-22-24-26-28-30-32-35-38-41-44-47-50-56(59)62-53-54(52-61-55(58)49-46-43-40-37-34-21-18-15-12-9-6-3)63-57(60)51-48-45-42-39-36-33-31-29-27-25-23-20-17-14-11-8-5-2/h54H,4-53H2,1-3H3/t54-/m1/s1. The largest absolute Gasteiger partial charge is 0.462 e. The van der Waals surface area contributed by atoms with Crippen molar-refractivity contribution in [3.63, 3.8) is 0 Å². The maximum Gasteiger partial charge on any atom is 0.306 e. The minimum absolute atomic E-state index is 0.0612. The molecule has 0 radical (unpaired) electrons. The Bertz CT molecular complexity index is 936. The van der Waals surface area contributed by atoms with Crippen LogP contribution in [0.5, 0.6) is 0 Å². The Labute approximate surface area is 393 Å². The molecule has 374 valence electrons. The van der Waals surface area contributed by atoms with Crippen molar-refractivity contribution >= 4 is 17.9 Å². The van der Waals surface area contributed by atoms with Crippen LogP contribution in [0.4, 0.5) is 0 Å². The molecular weight excluding hydrogens is 781 g/mol. The third kappa shape index (κ3) is 51.3. The second-order valence-corrected chi connectivity index (χ2v) is 19.6. The lowest BCUT2D eigenvalue weighted by Gasteiger charge is -2.18. The minimum atomic E-state index is -0.760. The highest BCUT2D eigenvalue weighted by molar-refractivity contribution is 5.71. The van der Waals surface area contributed by atoms with Crippen molar-refractivity contribution in [3.05, 3.63) is 0 Å². The molecule has 0 N–H and O–H groups in total. The lowest BCUT2D eigenvalue weighted by molar-refractivity contribution is -0.167. The van der Waals surface area contributed by atoms with Crippen LogP contribution in [0.25, 0.3) is 0 Å². The zero-order valence-corrected chi connectivity index (χ0v) is 42.9. The lowest BCUT2D eigenvalue weighted by Crippen LogP contribution is -2.30. The Hall–Kier alpha value is -1.59. The Morgan fingerprint density at radius 3 is 0.635 bits per heavy atom. The second kappa shape index (κ2) is 53.0. The van der Waals surface area contributed by atoms with E-state index >= 15 is 0 Å². The third-order valence-electron chi connectivity index (χ3n) is 13.1. The predicted octanol–water partition coefficient (Wildman–Crippen LogP) is 18.8. The van der Waals surface area contributed by atoms with Crippen LogP contribution in [0.1, 0.15) is 329 Å². The van der Waals surface area contributed by atoms with Crippen molar-refractivity contribution in [2.75, 3.05) is 13.2 Å². The summed E-state index contributed by atoms with van der Waals surface area (Å²) in [5.74, 6) is -0.834. The average Bonchev–Trinajstić information content (AvgIpc) is 3.28. The summed E-state index contributed by atoms with van der Waals surface area (Å²) in [5.41, 5.74) is 0. The third-order valence-corrected chi connectivity index (χ3v) is 13.1. The maximum absolute atomic E-state index is 12.8. The molecule has 6 heteroatoms. The molecule has 1 atom stereocenters. The van der Waals surface area contributed by atoms with Crippen molar-refractivity contribution in [2.45, 2.75) is 335 Å². The number of ether oxygens (including phenoxy) is 3. The van der Waals surface area contributed by atoms with Gasteiger partial charge < -0.3 is 14.2 Å². The van der Waals surface area contributed by atoms with Crippen LogP contribution in [-0.2, 0) is 28.6 Å². The van der Waals surface area contributed by atoms with Crippen molar-refractivity contribution in [2.24, 2.45) is 0 Å². The first-order chi connectivity index (χ1) is 31.0. The quantitative estimate of drug-likeness (QED) is 0.0344. The van der Waals surface area contributed by atoms with E-state index in [1.54, 1.807) is 0 Å². The van der Waals surface area contributed by atoms with E-state index in [0.717, 1.165) is 57.8 Å². The number of carbonyl (C=O) groups excluding carboxylic acids is 3. The first-order valence-electron chi connectivity index (χ1n) is 28.5. The summed E-state index contributed by atoms with van der Waals surface area (Å²) in [4.78, 5) is 38.1. The molecule has 6 nitrogen and oxygen atoms in total. The average molecular weight is 892 g/mol. The summed E-state index contributed by atoms with van der Waals surface area (Å²) in [7, 11) is 0. The smallest absolute Gasteiger partial charge is 0.306 e. The molecule has 0 heterocycles. The van der Waals surface area contributed by atoms with Crippen LogP contribution in [0.2, 0.25) is 0 Å². The van der Waals surface area contributed by atoms with Crippen LogP contribution in [0.15, 0.2) is 0 Å². The lowest BCUT2D eigenvalue weighted by atomic mass is 10.0. The van der Waals surface area contributed by atoms with Crippen molar-refractivity contribution in [1.82, 2.24) is 0 Å². The zero-order chi connectivity index (χ0) is 45.8. The molecule has 63 heavy (non-hydrogen) atoms. The summed E-state index contributed by atoms with van der Waals surface area (Å²) in [5, 5.41) is 0. The van der Waals surface area contributed by atoms with Gasteiger partial charge in [0.15, 0.2) is 6.10 Å². The SMILES string of the molecule is CCCCCCCCCCCCCCCCCCCC(=O)OC[C@@H](COC(=O)CCCCCCCCCCCCC)OC(=O)CCCCCCCCCCCCCCCCCCC. The fourth-order valence-corrected chi connectivity index (χ4v) is 8.80. The van der Waals surface area contributed by atoms with Crippen LogP contribution in [0.3, 0.4) is 0 Å². The van der Waals surface area contributed by atoms with Crippen molar-refractivity contribution < 1.29 is 28.6 Å². The molecule has 0 aliphatic rings. The molecule has 0 aromatic rings. The highest BCUT2D eigenvalue weighted by Gasteiger charge is 2.19. The Balaban J connectivity index is 4.26. The van der Waals surface area contributed by atoms with Gasteiger partial charge in [-0.2, -0.15) is 0 Å². The number of hydrogen-bond donors (Lipinski definition) is 0. The Morgan fingerprint density at radius 1 is 0.254 bits per heavy atom. The minimum Gasteiger partial charge on any atom is -0.462 e. The summed E-state index contributed by atoms with van der Waals surface area (Å²) < 4.78 is 16.9. The molecule has 0 aromatic heterocycles. The van der Waals surface area contributed by atoms with Gasteiger partial charge in [0.25, 0.3) is 0 Å². The van der Waals surface area contributed by atoms with Gasteiger partial charge in [-0.25, -0.2) is 0 Å². The molecule has 0 aliphatic carbocycles. The first-order valence-corrected chi connectivity index (χ1v) is 28.5.